The van der Waals surface area contributed by atoms with Gasteiger partial charge in [0.1, 0.15) is 0 Å². The van der Waals surface area contributed by atoms with Crippen molar-refractivity contribution in [2.24, 2.45) is 0 Å². The molecule has 0 radical (unpaired) electrons. The number of para-hydroxylation sites is 2. The first-order valence-electron chi connectivity index (χ1n) is 9.51. The third kappa shape index (κ3) is 2.63. The van der Waals surface area contributed by atoms with Crippen molar-refractivity contribution < 1.29 is 9.53 Å². The molecule has 0 saturated heterocycles. The highest BCUT2D eigenvalue weighted by molar-refractivity contribution is 6.13. The Balaban J connectivity index is 1.87. The Morgan fingerprint density at radius 1 is 0.931 bits per heavy atom. The van der Waals surface area contributed by atoms with Crippen molar-refractivity contribution in [2.75, 3.05) is 6.61 Å². The standard InChI is InChI=1S/C24H18N2O3/c1-2-29-23(27)16-13-11-15(12-14-16)21-18-8-4-6-10-20(18)26-22(21)17-7-3-5-9-19(17)25-24(26)28/h3-14H,2H2,1H3,(H,25,28). The molecule has 0 aliphatic rings. The van der Waals surface area contributed by atoms with Crippen molar-refractivity contribution in [3.8, 4) is 11.1 Å². The number of aromatic amines is 1. The van der Waals surface area contributed by atoms with E-state index in [1.54, 1.807) is 23.5 Å². The second kappa shape index (κ2) is 6.63. The molecule has 0 unspecified atom stereocenters. The monoisotopic (exact) mass is 382 g/mol. The smallest absolute Gasteiger partial charge is 0.338 e. The quantitative estimate of drug-likeness (QED) is 0.457. The molecule has 2 heterocycles. The van der Waals surface area contributed by atoms with Gasteiger partial charge in [0, 0.05) is 16.3 Å². The SMILES string of the molecule is CCOC(=O)c1ccc(-c2c3ccccc3n3c(=O)[nH]c4ccccc4c23)cc1. The molecule has 29 heavy (non-hydrogen) atoms. The largest absolute Gasteiger partial charge is 0.462 e. The number of benzene rings is 3. The molecule has 3 aromatic carbocycles. The maximum absolute atomic E-state index is 12.9. The number of ether oxygens (including phenoxy) is 1. The molecule has 0 aliphatic heterocycles. The summed E-state index contributed by atoms with van der Waals surface area (Å²) < 4.78 is 6.81. The van der Waals surface area contributed by atoms with Gasteiger partial charge in [0.2, 0.25) is 0 Å². The Bertz CT molecular complexity index is 1440. The second-order valence-electron chi connectivity index (χ2n) is 6.85. The number of hydrogen-bond acceptors (Lipinski definition) is 3. The first kappa shape index (κ1) is 17.3. The molecule has 142 valence electrons. The topological polar surface area (TPSA) is 63.6 Å². The van der Waals surface area contributed by atoms with Crippen molar-refractivity contribution in [1.29, 1.82) is 0 Å². The van der Waals surface area contributed by atoms with E-state index in [4.69, 9.17) is 4.74 Å². The Hall–Kier alpha value is -3.86. The van der Waals surface area contributed by atoms with Gasteiger partial charge in [-0.2, -0.15) is 0 Å². The lowest BCUT2D eigenvalue weighted by Crippen LogP contribution is -2.15. The van der Waals surface area contributed by atoms with Crippen LogP contribution in [0, 0.1) is 0 Å². The van der Waals surface area contributed by atoms with Crippen LogP contribution in [0.1, 0.15) is 17.3 Å². The molecule has 0 fully saturated rings. The number of aromatic nitrogens is 2. The first-order chi connectivity index (χ1) is 14.2. The van der Waals surface area contributed by atoms with Crippen molar-refractivity contribution in [3.63, 3.8) is 0 Å². The number of rotatable bonds is 3. The number of fused-ring (bicyclic) bond motifs is 5. The van der Waals surface area contributed by atoms with E-state index < -0.39 is 0 Å². The minimum absolute atomic E-state index is 0.177. The van der Waals surface area contributed by atoms with Gasteiger partial charge in [0.05, 0.1) is 28.7 Å². The van der Waals surface area contributed by atoms with Crippen molar-refractivity contribution in [1.82, 2.24) is 9.38 Å². The Labute approximate surface area is 166 Å². The highest BCUT2D eigenvalue weighted by Gasteiger charge is 2.18. The third-order valence-corrected chi connectivity index (χ3v) is 5.19. The molecular weight excluding hydrogens is 364 g/mol. The van der Waals surface area contributed by atoms with Crippen LogP contribution in [0.4, 0.5) is 0 Å². The van der Waals surface area contributed by atoms with Gasteiger partial charge in [0.15, 0.2) is 0 Å². The highest BCUT2D eigenvalue weighted by atomic mass is 16.5. The third-order valence-electron chi connectivity index (χ3n) is 5.19. The number of nitrogens with zero attached hydrogens (tertiary/aromatic N) is 1. The summed E-state index contributed by atoms with van der Waals surface area (Å²) in [7, 11) is 0. The maximum atomic E-state index is 12.9. The Morgan fingerprint density at radius 3 is 2.38 bits per heavy atom. The zero-order valence-electron chi connectivity index (χ0n) is 15.8. The first-order valence-corrected chi connectivity index (χ1v) is 9.51. The van der Waals surface area contributed by atoms with E-state index in [0.717, 1.165) is 38.4 Å². The minimum Gasteiger partial charge on any atom is -0.462 e. The summed E-state index contributed by atoms with van der Waals surface area (Å²) in [6.45, 7) is 2.12. The molecule has 1 N–H and O–H groups in total. The van der Waals surface area contributed by atoms with Crippen LogP contribution in [0.2, 0.25) is 0 Å². The summed E-state index contributed by atoms with van der Waals surface area (Å²) in [6.07, 6.45) is 0. The van der Waals surface area contributed by atoms with E-state index in [1.807, 2.05) is 60.7 Å². The molecule has 0 atom stereocenters. The number of H-pyrrole nitrogens is 1. The van der Waals surface area contributed by atoms with Crippen molar-refractivity contribution in [2.45, 2.75) is 6.92 Å². The summed E-state index contributed by atoms with van der Waals surface area (Å²) in [5, 5.41) is 1.95. The van der Waals surface area contributed by atoms with Crippen LogP contribution in [-0.2, 0) is 4.74 Å². The average Bonchev–Trinajstić information content (AvgIpc) is 3.10. The van der Waals surface area contributed by atoms with Crippen LogP contribution in [0.5, 0.6) is 0 Å². The summed E-state index contributed by atoms with van der Waals surface area (Å²) in [5.41, 5.74) is 4.73. The molecule has 0 bridgehead atoms. The zero-order chi connectivity index (χ0) is 20.0. The van der Waals surface area contributed by atoms with Gasteiger partial charge in [-0.1, -0.05) is 48.5 Å². The summed E-state index contributed by atoms with van der Waals surface area (Å²) in [4.78, 5) is 27.9. The van der Waals surface area contributed by atoms with Crippen LogP contribution in [0.3, 0.4) is 0 Å². The molecular formula is C24H18N2O3. The lowest BCUT2D eigenvalue weighted by atomic mass is 10.00. The van der Waals surface area contributed by atoms with E-state index in [9.17, 15) is 9.59 Å². The molecule has 5 aromatic rings. The van der Waals surface area contributed by atoms with Crippen LogP contribution in [-0.4, -0.2) is 22.0 Å². The van der Waals surface area contributed by atoms with E-state index in [1.165, 1.54) is 0 Å². The molecule has 5 rings (SSSR count). The summed E-state index contributed by atoms with van der Waals surface area (Å²) in [6, 6.07) is 23.0. The highest BCUT2D eigenvalue weighted by Crippen LogP contribution is 2.37. The van der Waals surface area contributed by atoms with Gasteiger partial charge in [-0.25, -0.2) is 9.59 Å². The van der Waals surface area contributed by atoms with Gasteiger partial charge in [-0.15, -0.1) is 0 Å². The van der Waals surface area contributed by atoms with E-state index in [0.29, 0.717) is 12.2 Å². The van der Waals surface area contributed by atoms with Crippen LogP contribution < -0.4 is 5.69 Å². The maximum Gasteiger partial charge on any atom is 0.338 e. The van der Waals surface area contributed by atoms with Crippen LogP contribution in [0.15, 0.2) is 77.6 Å². The summed E-state index contributed by atoms with van der Waals surface area (Å²) in [5.74, 6) is -0.340. The zero-order valence-corrected chi connectivity index (χ0v) is 15.8. The predicted octanol–water partition coefficient (Wildman–Crippen LogP) is 4.78. The van der Waals surface area contributed by atoms with Gasteiger partial charge in [0.25, 0.3) is 0 Å². The second-order valence-corrected chi connectivity index (χ2v) is 6.85. The number of esters is 1. The molecule has 0 saturated carbocycles. The number of nitrogens with one attached hydrogen (secondary N) is 1. The number of carbonyl (C=O) groups excluding carboxylic acids is 1. The van der Waals surface area contributed by atoms with Crippen molar-refractivity contribution >= 4 is 33.3 Å². The lowest BCUT2D eigenvalue weighted by molar-refractivity contribution is 0.0526. The van der Waals surface area contributed by atoms with E-state index >= 15 is 0 Å². The molecule has 5 nitrogen and oxygen atoms in total. The predicted molar refractivity (Wildman–Crippen MR) is 114 cm³/mol. The fourth-order valence-corrected chi connectivity index (χ4v) is 3.96. The Morgan fingerprint density at radius 2 is 1.62 bits per heavy atom. The molecule has 5 heteroatoms. The average molecular weight is 382 g/mol. The minimum atomic E-state index is -0.340. The fourth-order valence-electron chi connectivity index (χ4n) is 3.96. The van der Waals surface area contributed by atoms with Crippen LogP contribution in [0.25, 0.3) is 38.4 Å². The van der Waals surface area contributed by atoms with Crippen LogP contribution >= 0.6 is 0 Å². The molecule has 0 spiro atoms. The van der Waals surface area contributed by atoms with E-state index in [2.05, 4.69) is 4.98 Å². The van der Waals surface area contributed by atoms with E-state index in [-0.39, 0.29) is 11.7 Å². The Kier molecular flexibility index (Phi) is 3.95. The number of hydrogen-bond donors (Lipinski definition) is 1. The van der Waals surface area contributed by atoms with Gasteiger partial charge in [-0.05, 0) is 36.8 Å². The number of carbonyl (C=O) groups is 1. The van der Waals surface area contributed by atoms with Gasteiger partial charge in [-0.3, -0.25) is 4.40 Å². The lowest BCUT2D eigenvalue weighted by Gasteiger charge is -2.07. The fraction of sp³-hybridized carbons (Fsp3) is 0.0833. The molecule has 0 aliphatic carbocycles. The van der Waals surface area contributed by atoms with Gasteiger partial charge < -0.3 is 9.72 Å². The molecule has 0 amide bonds. The molecule has 2 aromatic heterocycles. The normalized spacial score (nSPS) is 11.3. The van der Waals surface area contributed by atoms with Gasteiger partial charge >= 0.3 is 11.7 Å². The summed E-state index contributed by atoms with van der Waals surface area (Å²) >= 11 is 0. The van der Waals surface area contributed by atoms with Crippen molar-refractivity contribution in [3.05, 3.63) is 88.8 Å².